The number of hydrogen-bond donors (Lipinski definition) is 1. The Kier molecular flexibility index (Phi) is 5.44. The van der Waals surface area contributed by atoms with Crippen LogP contribution in [0.3, 0.4) is 0 Å². The second-order valence-corrected chi connectivity index (χ2v) is 7.91. The summed E-state index contributed by atoms with van der Waals surface area (Å²) < 4.78 is 0. The zero-order valence-corrected chi connectivity index (χ0v) is 16.5. The van der Waals surface area contributed by atoms with Crippen molar-refractivity contribution in [2.24, 2.45) is 0 Å². The highest BCUT2D eigenvalue weighted by atomic mass is 32.1. The van der Waals surface area contributed by atoms with Crippen LogP contribution in [-0.4, -0.2) is 15.9 Å². The van der Waals surface area contributed by atoms with Crippen molar-refractivity contribution in [3.05, 3.63) is 93.7 Å². The zero-order valence-electron chi connectivity index (χ0n) is 15.7. The Morgan fingerprint density at radius 1 is 1.07 bits per heavy atom. The Labute approximate surface area is 168 Å². The summed E-state index contributed by atoms with van der Waals surface area (Å²) >= 11 is 1.63. The molecule has 0 bridgehead atoms. The van der Waals surface area contributed by atoms with Gasteiger partial charge in [-0.05, 0) is 34.9 Å². The van der Waals surface area contributed by atoms with Crippen LogP contribution in [0.15, 0.2) is 67.0 Å². The molecular formula is C23H21N3OS. The van der Waals surface area contributed by atoms with Gasteiger partial charge in [0.2, 0.25) is 5.91 Å². The van der Waals surface area contributed by atoms with Crippen molar-refractivity contribution in [1.29, 1.82) is 0 Å². The number of amides is 1. The third-order valence-corrected chi connectivity index (χ3v) is 5.85. The summed E-state index contributed by atoms with van der Waals surface area (Å²) in [7, 11) is 0. The van der Waals surface area contributed by atoms with E-state index in [1.807, 2.05) is 19.1 Å². The third kappa shape index (κ3) is 4.26. The summed E-state index contributed by atoms with van der Waals surface area (Å²) in [6.07, 6.45) is 4.63. The maximum Gasteiger partial charge on any atom is 0.225 e. The molecule has 0 aliphatic rings. The largest absolute Gasteiger partial charge is 0.352 e. The quantitative estimate of drug-likeness (QED) is 0.532. The van der Waals surface area contributed by atoms with Gasteiger partial charge in [0.1, 0.15) is 0 Å². The highest BCUT2D eigenvalue weighted by Gasteiger charge is 2.13. The van der Waals surface area contributed by atoms with Crippen LogP contribution in [0, 0.1) is 6.92 Å². The lowest BCUT2D eigenvalue weighted by molar-refractivity contribution is -0.120. The van der Waals surface area contributed by atoms with Crippen LogP contribution < -0.4 is 5.32 Å². The van der Waals surface area contributed by atoms with Crippen molar-refractivity contribution in [2.75, 3.05) is 0 Å². The van der Waals surface area contributed by atoms with Crippen molar-refractivity contribution < 1.29 is 4.79 Å². The fourth-order valence-corrected chi connectivity index (χ4v) is 4.34. The first-order valence-corrected chi connectivity index (χ1v) is 10.1. The molecule has 4 aromatic rings. The molecule has 1 N–H and O–H groups in total. The van der Waals surface area contributed by atoms with Gasteiger partial charge in [-0.15, -0.1) is 11.3 Å². The highest BCUT2D eigenvalue weighted by molar-refractivity contribution is 7.11. The van der Waals surface area contributed by atoms with Crippen LogP contribution in [0.5, 0.6) is 0 Å². The maximum atomic E-state index is 12.3. The minimum absolute atomic E-state index is 0.00677. The molecule has 2 aromatic heterocycles. The normalized spacial score (nSPS) is 10.9. The predicted molar refractivity (Wildman–Crippen MR) is 113 cm³/mol. The van der Waals surface area contributed by atoms with Crippen LogP contribution in [0.2, 0.25) is 0 Å². The van der Waals surface area contributed by atoms with E-state index in [9.17, 15) is 4.79 Å². The van der Waals surface area contributed by atoms with E-state index in [0.717, 1.165) is 27.6 Å². The van der Waals surface area contributed by atoms with Gasteiger partial charge in [0.05, 0.1) is 17.1 Å². The Morgan fingerprint density at radius 3 is 2.79 bits per heavy atom. The van der Waals surface area contributed by atoms with E-state index in [0.29, 0.717) is 13.0 Å². The first-order chi connectivity index (χ1) is 13.7. The first kappa shape index (κ1) is 18.3. The number of carbonyl (C=O) groups excluding carboxylic acids is 1. The third-order valence-electron chi connectivity index (χ3n) is 4.69. The molecule has 4 nitrogen and oxygen atoms in total. The van der Waals surface area contributed by atoms with Gasteiger partial charge in [0, 0.05) is 30.2 Å². The van der Waals surface area contributed by atoms with Gasteiger partial charge in [0.15, 0.2) is 0 Å². The summed E-state index contributed by atoms with van der Waals surface area (Å²) in [6, 6.07) is 18.6. The zero-order chi connectivity index (χ0) is 19.3. The highest BCUT2D eigenvalue weighted by Crippen LogP contribution is 2.25. The monoisotopic (exact) mass is 387 g/mol. The molecule has 140 valence electrons. The molecule has 28 heavy (non-hydrogen) atoms. The molecule has 0 fully saturated rings. The summed E-state index contributed by atoms with van der Waals surface area (Å²) in [5, 5.41) is 6.50. The molecule has 2 aromatic carbocycles. The molecular weight excluding hydrogens is 366 g/mol. The topological polar surface area (TPSA) is 54.9 Å². The number of nitrogens with one attached hydrogen (secondary N) is 1. The summed E-state index contributed by atoms with van der Waals surface area (Å²) in [5.74, 6) is 0.00677. The van der Waals surface area contributed by atoms with Crippen LogP contribution in [0.25, 0.3) is 10.8 Å². The number of pyridine rings is 1. The van der Waals surface area contributed by atoms with Crippen molar-refractivity contribution in [3.63, 3.8) is 0 Å². The number of aryl methyl sites for hydroxylation is 1. The number of carbonyl (C=O) groups is 1. The van der Waals surface area contributed by atoms with Gasteiger partial charge in [0.25, 0.3) is 0 Å². The fraction of sp³-hybridized carbons (Fsp3) is 0.174. The van der Waals surface area contributed by atoms with Gasteiger partial charge < -0.3 is 5.32 Å². The minimum atomic E-state index is 0.00677. The number of aromatic nitrogens is 2. The van der Waals surface area contributed by atoms with Crippen molar-refractivity contribution in [3.8, 4) is 0 Å². The maximum absolute atomic E-state index is 12.3. The molecule has 1 amide bonds. The molecule has 0 unspecified atom stereocenters. The fourth-order valence-electron chi connectivity index (χ4n) is 3.25. The number of thiazole rings is 1. The Balaban J connectivity index is 1.44. The minimum Gasteiger partial charge on any atom is -0.352 e. The average Bonchev–Trinajstić information content (AvgIpc) is 3.06. The van der Waals surface area contributed by atoms with Crippen molar-refractivity contribution in [1.82, 2.24) is 15.3 Å². The second kappa shape index (κ2) is 8.31. The van der Waals surface area contributed by atoms with Crippen LogP contribution in [0.4, 0.5) is 0 Å². The molecule has 0 spiro atoms. The standard InChI is InChI=1S/C23H21N3OS/c1-16-21(13-22(27)25-15-17-6-5-11-24-14-17)28-23(26-16)12-19-9-4-8-18-7-2-3-10-20(18)19/h2-11,14H,12-13,15H2,1H3,(H,25,27). The number of nitrogens with zero attached hydrogens (tertiary/aromatic N) is 2. The van der Waals surface area contributed by atoms with E-state index >= 15 is 0 Å². The average molecular weight is 388 g/mol. The molecule has 0 saturated heterocycles. The van der Waals surface area contributed by atoms with Crippen molar-refractivity contribution >= 4 is 28.0 Å². The number of hydrogen-bond acceptors (Lipinski definition) is 4. The summed E-state index contributed by atoms with van der Waals surface area (Å²) in [6.45, 7) is 2.47. The molecule has 0 radical (unpaired) electrons. The van der Waals surface area contributed by atoms with Crippen LogP contribution in [-0.2, 0) is 24.2 Å². The van der Waals surface area contributed by atoms with E-state index < -0.39 is 0 Å². The van der Waals surface area contributed by atoms with E-state index in [-0.39, 0.29) is 5.91 Å². The van der Waals surface area contributed by atoms with Gasteiger partial charge in [-0.1, -0.05) is 48.5 Å². The van der Waals surface area contributed by atoms with Gasteiger partial charge in [-0.25, -0.2) is 4.98 Å². The summed E-state index contributed by atoms with van der Waals surface area (Å²) in [5.41, 5.74) is 3.20. The van der Waals surface area contributed by atoms with Gasteiger partial charge in [-0.3, -0.25) is 9.78 Å². The smallest absolute Gasteiger partial charge is 0.225 e. The van der Waals surface area contributed by atoms with Crippen molar-refractivity contribution in [2.45, 2.75) is 26.3 Å². The lowest BCUT2D eigenvalue weighted by Crippen LogP contribution is -2.24. The van der Waals surface area contributed by atoms with E-state index in [1.54, 1.807) is 23.7 Å². The Bertz CT molecular complexity index is 1100. The molecule has 0 atom stereocenters. The first-order valence-electron chi connectivity index (χ1n) is 9.26. The van der Waals surface area contributed by atoms with Crippen LogP contribution in [0.1, 0.15) is 26.7 Å². The van der Waals surface area contributed by atoms with Gasteiger partial charge in [-0.2, -0.15) is 0 Å². The lowest BCUT2D eigenvalue weighted by Gasteiger charge is -2.04. The molecule has 0 aliphatic carbocycles. The number of benzene rings is 2. The van der Waals surface area contributed by atoms with Crippen LogP contribution >= 0.6 is 11.3 Å². The van der Waals surface area contributed by atoms with E-state index in [1.165, 1.54) is 16.3 Å². The predicted octanol–water partition coefficient (Wildman–Crippen LogP) is 4.45. The molecule has 2 heterocycles. The number of rotatable bonds is 6. The lowest BCUT2D eigenvalue weighted by atomic mass is 10.0. The number of fused-ring (bicyclic) bond motifs is 1. The Hall–Kier alpha value is -3.05. The molecule has 0 saturated carbocycles. The SMILES string of the molecule is Cc1nc(Cc2cccc3ccccc23)sc1CC(=O)NCc1cccnc1. The Morgan fingerprint density at radius 2 is 1.93 bits per heavy atom. The second-order valence-electron chi connectivity index (χ2n) is 6.75. The summed E-state index contributed by atoms with van der Waals surface area (Å²) in [4.78, 5) is 22.1. The van der Waals surface area contributed by atoms with Gasteiger partial charge >= 0.3 is 0 Å². The molecule has 4 rings (SSSR count). The molecule has 5 heteroatoms. The van der Waals surface area contributed by atoms with E-state index in [4.69, 9.17) is 4.98 Å². The van der Waals surface area contributed by atoms with E-state index in [2.05, 4.69) is 52.8 Å². The molecule has 0 aliphatic heterocycles.